The minimum Gasteiger partial charge on any atom is -0.463 e. The summed E-state index contributed by atoms with van der Waals surface area (Å²) in [7, 11) is -4.44. The number of aliphatic hydroxyl groups is 1. The summed E-state index contributed by atoms with van der Waals surface area (Å²) in [6.45, 7) is 3.49. The molecule has 0 saturated carbocycles. The number of phosphoric acid groups is 1. The molecule has 0 aliphatic carbocycles. The molecule has 2 atom stereocenters. The lowest BCUT2D eigenvalue weighted by atomic mass is 10.0. The van der Waals surface area contributed by atoms with Gasteiger partial charge in [-0.15, -0.1) is 0 Å². The number of nitrogens with one attached hydrogen (secondary N) is 1. The second-order valence-corrected chi connectivity index (χ2v) is 18.6. The Morgan fingerprint density at radius 1 is 0.500 bits per heavy atom. The molecular weight excluding hydrogens is 798 g/mol. The molecule has 0 bridgehead atoms. The number of esters is 1. The summed E-state index contributed by atoms with van der Waals surface area (Å²) in [5, 5.41) is 12.7. The third kappa shape index (κ3) is 49.0. The Hall–Kier alpha value is -2.03. The summed E-state index contributed by atoms with van der Waals surface area (Å²) < 4.78 is 26.9. The Morgan fingerprint density at radius 2 is 0.887 bits per heavy atom. The molecule has 0 aromatic carbocycles. The first kappa shape index (κ1) is 60.0. The van der Waals surface area contributed by atoms with Crippen LogP contribution >= 0.6 is 7.82 Å². The van der Waals surface area contributed by atoms with Crippen molar-refractivity contribution in [1.82, 2.24) is 5.32 Å². The van der Waals surface area contributed by atoms with Gasteiger partial charge in [0, 0.05) is 19.4 Å². The molecule has 362 valence electrons. The first-order valence-corrected chi connectivity index (χ1v) is 27.1. The minimum atomic E-state index is -4.44. The molecule has 3 N–H and O–H groups in total. The number of unbranched alkanes of at least 4 members (excludes halogenated alkanes) is 27. The van der Waals surface area contributed by atoms with Crippen LogP contribution in [-0.4, -0.2) is 54.3 Å². The van der Waals surface area contributed by atoms with Crippen molar-refractivity contribution >= 4 is 19.7 Å². The van der Waals surface area contributed by atoms with Gasteiger partial charge in [0.2, 0.25) is 5.91 Å². The highest BCUT2D eigenvalue weighted by Gasteiger charge is 2.23. The largest absolute Gasteiger partial charge is 0.472 e. The van der Waals surface area contributed by atoms with Crippen molar-refractivity contribution in [2.24, 2.45) is 0 Å². The lowest BCUT2D eigenvalue weighted by Gasteiger charge is -2.15. The maximum absolute atomic E-state index is 12.1. The third-order valence-corrected chi connectivity index (χ3v) is 12.0. The van der Waals surface area contributed by atoms with Gasteiger partial charge in [-0.2, -0.15) is 0 Å². The number of allylic oxidation sites excluding steroid dienone is 8. The van der Waals surface area contributed by atoms with E-state index in [1.54, 1.807) is 0 Å². The Balaban J connectivity index is 3.58. The summed E-state index contributed by atoms with van der Waals surface area (Å²) >= 11 is 0. The number of phosphoric ester groups is 1. The van der Waals surface area contributed by atoms with Crippen LogP contribution in [-0.2, 0) is 27.9 Å². The van der Waals surface area contributed by atoms with Crippen LogP contribution in [0.1, 0.15) is 239 Å². The first-order chi connectivity index (χ1) is 30.3. The highest BCUT2D eigenvalue weighted by molar-refractivity contribution is 7.47. The molecule has 0 aliphatic heterocycles. The van der Waals surface area contributed by atoms with E-state index in [9.17, 15) is 24.2 Å². The normalized spacial score (nSPS) is 13.5. The van der Waals surface area contributed by atoms with Gasteiger partial charge in [-0.1, -0.05) is 223 Å². The van der Waals surface area contributed by atoms with E-state index in [4.69, 9.17) is 13.8 Å². The van der Waals surface area contributed by atoms with Crippen LogP contribution in [0, 0.1) is 0 Å². The summed E-state index contributed by atoms with van der Waals surface area (Å²) in [5.41, 5.74) is 0. The van der Waals surface area contributed by atoms with Crippen molar-refractivity contribution in [1.29, 1.82) is 0 Å². The van der Waals surface area contributed by atoms with Gasteiger partial charge in [0.25, 0.3) is 0 Å². The number of aliphatic hydroxyl groups excluding tert-OH is 1. The number of hydrogen-bond acceptors (Lipinski definition) is 7. The van der Waals surface area contributed by atoms with Gasteiger partial charge < -0.3 is 20.1 Å². The fourth-order valence-electron chi connectivity index (χ4n) is 7.14. The quantitative estimate of drug-likeness (QED) is 0.0238. The molecule has 0 aliphatic rings. The van der Waals surface area contributed by atoms with Gasteiger partial charge in [0.1, 0.15) is 12.7 Å². The van der Waals surface area contributed by atoms with E-state index in [1.165, 1.54) is 161 Å². The monoisotopic (exact) mass is 894 g/mol. The molecule has 0 heterocycles. The smallest absolute Gasteiger partial charge is 0.463 e. The molecule has 62 heavy (non-hydrogen) atoms. The number of carbonyl (C=O) groups is 2. The van der Waals surface area contributed by atoms with Crippen molar-refractivity contribution in [2.75, 3.05) is 26.4 Å². The van der Waals surface area contributed by atoms with Crippen molar-refractivity contribution in [3.05, 3.63) is 48.6 Å². The number of rotatable bonds is 48. The van der Waals surface area contributed by atoms with E-state index >= 15 is 0 Å². The van der Waals surface area contributed by atoms with E-state index in [0.29, 0.717) is 12.8 Å². The van der Waals surface area contributed by atoms with Gasteiger partial charge in [-0.3, -0.25) is 18.6 Å². The molecule has 0 saturated heterocycles. The Morgan fingerprint density at radius 3 is 1.34 bits per heavy atom. The van der Waals surface area contributed by atoms with Crippen LogP contribution < -0.4 is 5.32 Å². The predicted molar refractivity (Wildman–Crippen MR) is 261 cm³/mol. The fourth-order valence-corrected chi connectivity index (χ4v) is 7.90. The van der Waals surface area contributed by atoms with Crippen LogP contribution in [0.4, 0.5) is 0 Å². The van der Waals surface area contributed by atoms with E-state index in [0.717, 1.165) is 44.9 Å². The number of carbonyl (C=O) groups excluding carboxylic acids is 2. The second-order valence-electron chi connectivity index (χ2n) is 17.1. The van der Waals surface area contributed by atoms with Gasteiger partial charge in [-0.05, 0) is 51.4 Å². The van der Waals surface area contributed by atoms with Gasteiger partial charge in [-0.25, -0.2) is 4.57 Å². The van der Waals surface area contributed by atoms with Crippen molar-refractivity contribution < 1.29 is 37.9 Å². The molecule has 9 nitrogen and oxygen atoms in total. The molecular formula is C52H96NO8P. The highest BCUT2D eigenvalue weighted by atomic mass is 31.2. The van der Waals surface area contributed by atoms with Crippen LogP contribution in [0.25, 0.3) is 0 Å². The molecule has 1 amide bonds. The standard InChI is InChI=1S/C52H96NO8P/c1-3-5-7-9-11-13-15-17-19-21-22-23-24-25-26-27-29-31-33-35-37-39-41-43-45-52(56)59-48-50(54)49-61-62(57,58)60-47-46-53-51(55)44-42-40-38-36-34-32-30-28-20-18-16-14-12-10-8-6-4-2/h12,14,18,20,30,32,36,38,50,54H,3-11,13,15-17,19,21-29,31,33-35,37,39-49H2,1-2H3,(H,53,55)(H,57,58)/b14-12-,20-18-,32-30-,38-36-. The number of ether oxygens (including phenoxy) is 1. The summed E-state index contributed by atoms with van der Waals surface area (Å²) in [4.78, 5) is 34.0. The molecule has 0 aromatic rings. The lowest BCUT2D eigenvalue weighted by molar-refractivity contribution is -0.147. The average Bonchev–Trinajstić information content (AvgIpc) is 3.26. The van der Waals surface area contributed by atoms with Crippen molar-refractivity contribution in [3.8, 4) is 0 Å². The summed E-state index contributed by atoms with van der Waals surface area (Å²) in [5.74, 6) is -0.567. The van der Waals surface area contributed by atoms with Crippen LogP contribution in [0.3, 0.4) is 0 Å². The molecule has 0 aromatic heterocycles. The van der Waals surface area contributed by atoms with Gasteiger partial charge in [0.15, 0.2) is 0 Å². The van der Waals surface area contributed by atoms with Crippen molar-refractivity contribution in [2.45, 2.75) is 245 Å². The van der Waals surface area contributed by atoms with Gasteiger partial charge in [0.05, 0.1) is 13.2 Å². The summed E-state index contributed by atoms with van der Waals surface area (Å²) in [6, 6.07) is 0. The summed E-state index contributed by atoms with van der Waals surface area (Å²) in [6.07, 6.45) is 57.8. The van der Waals surface area contributed by atoms with Gasteiger partial charge >= 0.3 is 13.8 Å². The molecule has 0 fully saturated rings. The zero-order valence-electron chi connectivity index (χ0n) is 40.1. The van der Waals surface area contributed by atoms with Crippen LogP contribution in [0.2, 0.25) is 0 Å². The highest BCUT2D eigenvalue weighted by Crippen LogP contribution is 2.42. The Kier molecular flexibility index (Phi) is 46.8. The van der Waals surface area contributed by atoms with E-state index in [-0.39, 0.29) is 32.1 Å². The minimum absolute atomic E-state index is 0.0524. The lowest BCUT2D eigenvalue weighted by Crippen LogP contribution is -2.27. The molecule has 0 rings (SSSR count). The van der Waals surface area contributed by atoms with E-state index < -0.39 is 26.5 Å². The first-order valence-electron chi connectivity index (χ1n) is 25.6. The Bertz CT molecular complexity index is 1160. The topological polar surface area (TPSA) is 131 Å². The van der Waals surface area contributed by atoms with Crippen LogP contribution in [0.5, 0.6) is 0 Å². The SMILES string of the molecule is CCCCC/C=C\C/C=C\C/C=C\C/C=C\CCCC(=O)NCCOP(=O)(O)OCC(O)COC(=O)CCCCCCCCCCCCCCCCCCCCCCCCCC. The number of hydrogen-bond donors (Lipinski definition) is 3. The van der Waals surface area contributed by atoms with E-state index in [1.807, 2.05) is 0 Å². The fraction of sp³-hybridized carbons (Fsp3) is 0.808. The second kappa shape index (κ2) is 48.4. The van der Waals surface area contributed by atoms with Crippen molar-refractivity contribution in [3.63, 3.8) is 0 Å². The maximum Gasteiger partial charge on any atom is 0.472 e. The predicted octanol–water partition coefficient (Wildman–Crippen LogP) is 15.1. The van der Waals surface area contributed by atoms with E-state index in [2.05, 4.69) is 67.8 Å². The van der Waals surface area contributed by atoms with Crippen LogP contribution in [0.15, 0.2) is 48.6 Å². The third-order valence-electron chi connectivity index (χ3n) is 11.0. The maximum atomic E-state index is 12.1. The zero-order valence-corrected chi connectivity index (χ0v) is 41.0. The Labute approximate surface area is 381 Å². The molecule has 10 heteroatoms. The molecule has 2 unspecified atom stereocenters. The average molecular weight is 894 g/mol. The zero-order chi connectivity index (χ0) is 45.3. The molecule has 0 spiro atoms. The number of amides is 1. The molecule has 0 radical (unpaired) electrons.